The molecule has 166 valence electrons. The summed E-state index contributed by atoms with van der Waals surface area (Å²) in [5, 5.41) is 16.6. The number of nitrogens with zero attached hydrogens (tertiary/aromatic N) is 1. The highest BCUT2D eigenvalue weighted by Gasteiger charge is 2.41. The SMILES string of the molecule is COC(=O)Cc1ccc2oc(C(O)(COCc3ccccc3)c3c(C)noc3C)cc2c1. The third-order valence-corrected chi connectivity index (χ3v) is 5.43. The lowest BCUT2D eigenvalue weighted by atomic mass is 9.90. The molecule has 1 atom stereocenters. The van der Waals surface area contributed by atoms with Crippen LogP contribution in [0.25, 0.3) is 11.0 Å². The van der Waals surface area contributed by atoms with Crippen LogP contribution in [0.15, 0.2) is 63.5 Å². The van der Waals surface area contributed by atoms with E-state index in [2.05, 4.69) is 5.16 Å². The molecule has 0 aliphatic carbocycles. The number of fused-ring (bicyclic) bond motifs is 1. The minimum Gasteiger partial charge on any atom is -0.469 e. The van der Waals surface area contributed by atoms with Crippen LogP contribution in [0.2, 0.25) is 0 Å². The van der Waals surface area contributed by atoms with Crippen molar-refractivity contribution in [2.75, 3.05) is 13.7 Å². The zero-order valence-corrected chi connectivity index (χ0v) is 18.3. The average Bonchev–Trinajstić information content (AvgIpc) is 3.37. The maximum Gasteiger partial charge on any atom is 0.309 e. The summed E-state index contributed by atoms with van der Waals surface area (Å²) < 4.78 is 22.0. The third-order valence-electron chi connectivity index (χ3n) is 5.43. The molecule has 0 bridgehead atoms. The molecule has 32 heavy (non-hydrogen) atoms. The third kappa shape index (κ3) is 4.30. The Morgan fingerprint density at radius 2 is 1.88 bits per heavy atom. The maximum absolute atomic E-state index is 11.8. The number of rotatable bonds is 8. The molecule has 0 saturated heterocycles. The number of esters is 1. The summed E-state index contributed by atoms with van der Waals surface area (Å²) in [6, 6.07) is 16.9. The number of hydrogen-bond donors (Lipinski definition) is 1. The largest absolute Gasteiger partial charge is 0.469 e. The second-order valence-corrected chi connectivity index (χ2v) is 7.77. The lowest BCUT2D eigenvalue weighted by Crippen LogP contribution is -2.33. The van der Waals surface area contributed by atoms with Gasteiger partial charge in [0.2, 0.25) is 0 Å². The Balaban J connectivity index is 1.69. The number of aliphatic hydroxyl groups is 1. The Labute approximate surface area is 185 Å². The number of methoxy groups -OCH3 is 1. The molecule has 0 aliphatic rings. The van der Waals surface area contributed by atoms with E-state index in [1.807, 2.05) is 36.4 Å². The van der Waals surface area contributed by atoms with Gasteiger partial charge in [-0.2, -0.15) is 0 Å². The monoisotopic (exact) mass is 435 g/mol. The lowest BCUT2D eigenvalue weighted by Gasteiger charge is -2.26. The van der Waals surface area contributed by atoms with E-state index in [0.29, 0.717) is 35.0 Å². The summed E-state index contributed by atoms with van der Waals surface area (Å²) in [7, 11) is 1.36. The van der Waals surface area contributed by atoms with Crippen LogP contribution in [-0.4, -0.2) is 29.9 Å². The van der Waals surface area contributed by atoms with Crippen LogP contribution in [0.1, 0.15) is 33.9 Å². The number of furan rings is 1. The first-order valence-corrected chi connectivity index (χ1v) is 10.3. The molecule has 4 aromatic rings. The molecule has 0 aliphatic heterocycles. The summed E-state index contributed by atoms with van der Waals surface area (Å²) in [6.45, 7) is 3.79. The van der Waals surface area contributed by atoms with E-state index < -0.39 is 5.60 Å². The molecule has 0 saturated carbocycles. The second kappa shape index (κ2) is 8.98. The van der Waals surface area contributed by atoms with Crippen molar-refractivity contribution >= 4 is 16.9 Å². The van der Waals surface area contributed by atoms with Gasteiger partial charge in [0, 0.05) is 5.39 Å². The number of aryl methyl sites for hydroxylation is 2. The molecule has 7 nitrogen and oxygen atoms in total. The standard InChI is InChI=1S/C25H25NO6/c1-16-24(17(2)32-26-16)25(28,15-30-14-18-7-5-4-6-8-18)22-13-20-11-19(12-23(27)29-3)9-10-21(20)31-22/h4-11,13,28H,12,14-15H2,1-3H3. The Morgan fingerprint density at radius 1 is 1.09 bits per heavy atom. The highest BCUT2D eigenvalue weighted by atomic mass is 16.5. The molecule has 7 heteroatoms. The smallest absolute Gasteiger partial charge is 0.309 e. The van der Waals surface area contributed by atoms with Gasteiger partial charge in [-0.05, 0) is 43.2 Å². The molecule has 0 fully saturated rings. The fraction of sp³-hybridized carbons (Fsp3) is 0.280. The van der Waals surface area contributed by atoms with Crippen molar-refractivity contribution in [3.63, 3.8) is 0 Å². The Hall–Kier alpha value is -3.42. The summed E-state index contributed by atoms with van der Waals surface area (Å²) >= 11 is 0. The van der Waals surface area contributed by atoms with Crippen molar-refractivity contribution in [3.8, 4) is 0 Å². The maximum atomic E-state index is 11.8. The first-order chi connectivity index (χ1) is 15.4. The van der Waals surface area contributed by atoms with E-state index in [-0.39, 0.29) is 19.0 Å². The molecule has 2 heterocycles. The zero-order valence-electron chi connectivity index (χ0n) is 18.3. The first kappa shape index (κ1) is 21.8. The van der Waals surface area contributed by atoms with Crippen molar-refractivity contribution in [2.45, 2.75) is 32.5 Å². The summed E-state index contributed by atoms with van der Waals surface area (Å²) in [4.78, 5) is 11.6. The van der Waals surface area contributed by atoms with Gasteiger partial charge in [-0.25, -0.2) is 0 Å². The Morgan fingerprint density at radius 3 is 2.56 bits per heavy atom. The number of carbonyl (C=O) groups excluding carboxylic acids is 1. The van der Waals surface area contributed by atoms with E-state index in [1.165, 1.54) is 7.11 Å². The molecular weight excluding hydrogens is 410 g/mol. The van der Waals surface area contributed by atoms with Gasteiger partial charge in [0.1, 0.15) is 17.1 Å². The number of ether oxygens (including phenoxy) is 2. The quantitative estimate of drug-likeness (QED) is 0.414. The van der Waals surface area contributed by atoms with Crippen LogP contribution in [0.5, 0.6) is 0 Å². The predicted molar refractivity (Wildman–Crippen MR) is 117 cm³/mol. The first-order valence-electron chi connectivity index (χ1n) is 10.3. The highest BCUT2D eigenvalue weighted by molar-refractivity contribution is 5.81. The Kier molecular flexibility index (Phi) is 6.12. The van der Waals surface area contributed by atoms with Gasteiger partial charge >= 0.3 is 5.97 Å². The van der Waals surface area contributed by atoms with E-state index in [0.717, 1.165) is 16.5 Å². The predicted octanol–water partition coefficient (Wildman–Crippen LogP) is 4.21. The fourth-order valence-corrected chi connectivity index (χ4v) is 3.88. The molecule has 0 amide bonds. The topological polar surface area (TPSA) is 94.9 Å². The van der Waals surface area contributed by atoms with Crippen LogP contribution in [-0.2, 0) is 32.9 Å². The minimum absolute atomic E-state index is 0.0559. The highest BCUT2D eigenvalue weighted by Crippen LogP contribution is 2.37. The van der Waals surface area contributed by atoms with Gasteiger partial charge in [0.15, 0.2) is 5.60 Å². The molecule has 0 radical (unpaired) electrons. The molecule has 2 aromatic heterocycles. The van der Waals surface area contributed by atoms with Crippen LogP contribution >= 0.6 is 0 Å². The van der Waals surface area contributed by atoms with Crippen LogP contribution in [0, 0.1) is 13.8 Å². The summed E-state index contributed by atoms with van der Waals surface area (Å²) in [5.74, 6) is 0.472. The van der Waals surface area contributed by atoms with Gasteiger partial charge < -0.3 is 23.5 Å². The fourth-order valence-electron chi connectivity index (χ4n) is 3.88. The van der Waals surface area contributed by atoms with E-state index in [1.54, 1.807) is 32.0 Å². The zero-order chi connectivity index (χ0) is 22.7. The number of hydrogen-bond acceptors (Lipinski definition) is 7. The molecule has 1 unspecified atom stereocenters. The molecule has 1 N–H and O–H groups in total. The van der Waals surface area contributed by atoms with Gasteiger partial charge in [0.05, 0.1) is 38.0 Å². The minimum atomic E-state index is -1.61. The van der Waals surface area contributed by atoms with Crippen LogP contribution in [0.4, 0.5) is 0 Å². The van der Waals surface area contributed by atoms with E-state index >= 15 is 0 Å². The van der Waals surface area contributed by atoms with Crippen molar-refractivity contribution in [1.82, 2.24) is 5.16 Å². The van der Waals surface area contributed by atoms with Gasteiger partial charge in [-0.1, -0.05) is 41.6 Å². The van der Waals surface area contributed by atoms with Crippen molar-refractivity contribution in [2.24, 2.45) is 0 Å². The molecule has 4 rings (SSSR count). The molecular formula is C25H25NO6. The van der Waals surface area contributed by atoms with Gasteiger partial charge in [-0.15, -0.1) is 0 Å². The second-order valence-electron chi connectivity index (χ2n) is 7.77. The van der Waals surface area contributed by atoms with Crippen molar-refractivity contribution in [1.29, 1.82) is 0 Å². The van der Waals surface area contributed by atoms with Crippen molar-refractivity contribution in [3.05, 3.63) is 88.5 Å². The molecule has 2 aromatic carbocycles. The van der Waals surface area contributed by atoms with Gasteiger partial charge in [0.25, 0.3) is 0 Å². The number of benzene rings is 2. The molecule has 0 spiro atoms. The number of carbonyl (C=O) groups is 1. The summed E-state index contributed by atoms with van der Waals surface area (Å²) in [6.07, 6.45) is 0.154. The normalized spacial score (nSPS) is 13.2. The van der Waals surface area contributed by atoms with Crippen molar-refractivity contribution < 1.29 is 28.3 Å². The lowest BCUT2D eigenvalue weighted by molar-refractivity contribution is -0.139. The average molecular weight is 435 g/mol. The van der Waals surface area contributed by atoms with Crippen LogP contribution < -0.4 is 0 Å². The Bertz CT molecular complexity index is 1210. The van der Waals surface area contributed by atoms with E-state index in [9.17, 15) is 9.90 Å². The van der Waals surface area contributed by atoms with E-state index in [4.69, 9.17) is 18.4 Å². The van der Waals surface area contributed by atoms with Crippen LogP contribution in [0.3, 0.4) is 0 Å². The summed E-state index contributed by atoms with van der Waals surface area (Å²) in [5.41, 5.74) is 1.83. The number of aromatic nitrogens is 1. The van der Waals surface area contributed by atoms with Gasteiger partial charge in [-0.3, -0.25) is 4.79 Å².